The highest BCUT2D eigenvalue weighted by molar-refractivity contribution is 5.94. The minimum atomic E-state index is 0.0373. The molecule has 2 aliphatic carbocycles. The number of aromatic nitrogens is 2. The van der Waals surface area contributed by atoms with Crippen molar-refractivity contribution in [1.82, 2.24) is 14.5 Å². The normalized spacial score (nSPS) is 16.7. The van der Waals surface area contributed by atoms with Crippen LogP contribution < -0.4 is 9.47 Å². The molecule has 2 heterocycles. The summed E-state index contributed by atoms with van der Waals surface area (Å²) in [5.74, 6) is 4.03. The van der Waals surface area contributed by atoms with Crippen LogP contribution >= 0.6 is 0 Å². The molecule has 6 heteroatoms. The van der Waals surface area contributed by atoms with Crippen LogP contribution in [-0.2, 0) is 19.5 Å². The van der Waals surface area contributed by atoms with Crippen LogP contribution in [0.4, 0.5) is 0 Å². The Kier molecular flexibility index (Phi) is 5.96. The van der Waals surface area contributed by atoms with E-state index in [2.05, 4.69) is 29.0 Å². The summed E-state index contributed by atoms with van der Waals surface area (Å²) in [5, 5.41) is 0. The third kappa shape index (κ3) is 5.07. The van der Waals surface area contributed by atoms with Crippen molar-refractivity contribution >= 4 is 5.91 Å². The monoisotopic (exact) mass is 471 g/mol. The van der Waals surface area contributed by atoms with Crippen LogP contribution in [0.2, 0.25) is 0 Å². The fourth-order valence-electron chi connectivity index (χ4n) is 4.86. The Morgan fingerprint density at radius 2 is 1.97 bits per heavy atom. The van der Waals surface area contributed by atoms with Gasteiger partial charge in [-0.15, -0.1) is 0 Å². The Labute approximate surface area is 206 Å². The van der Waals surface area contributed by atoms with Crippen LogP contribution in [0.3, 0.4) is 0 Å². The third-order valence-electron chi connectivity index (χ3n) is 7.33. The lowest BCUT2D eigenvalue weighted by Gasteiger charge is -2.25. The average molecular weight is 472 g/mol. The standard InChI is InChI=1S/C29H33N3O3/c1-34-25-5-2-4-23(15-25)29(33)32(16-20-7-8-20)17-24-14-22(11-12-27(24)35-19-21-9-10-21)26-18-31-13-3-6-28(31)30-26/h2,4-5,11-12,14-15,18,20-21H,3,6-10,13,16-17,19H2,1H3. The van der Waals surface area contributed by atoms with Crippen molar-refractivity contribution in [2.45, 2.75) is 51.6 Å². The number of imidazole rings is 1. The van der Waals surface area contributed by atoms with E-state index in [9.17, 15) is 4.79 Å². The van der Waals surface area contributed by atoms with Crippen molar-refractivity contribution in [3.8, 4) is 22.8 Å². The zero-order chi connectivity index (χ0) is 23.8. The molecule has 2 saturated carbocycles. The number of carbonyl (C=O) groups is 1. The van der Waals surface area contributed by atoms with E-state index >= 15 is 0 Å². The van der Waals surface area contributed by atoms with E-state index in [1.165, 1.54) is 37.9 Å². The van der Waals surface area contributed by atoms with E-state index in [0.29, 0.717) is 29.7 Å². The van der Waals surface area contributed by atoms with Crippen LogP contribution in [0.15, 0.2) is 48.7 Å². The summed E-state index contributed by atoms with van der Waals surface area (Å²) in [4.78, 5) is 20.5. The van der Waals surface area contributed by atoms with Crippen LogP contribution in [-0.4, -0.2) is 40.6 Å². The van der Waals surface area contributed by atoms with E-state index in [1.54, 1.807) is 7.11 Å². The van der Waals surface area contributed by atoms with Crippen molar-refractivity contribution in [2.24, 2.45) is 11.8 Å². The second kappa shape index (κ2) is 9.40. The number of aryl methyl sites for hydroxylation is 2. The lowest BCUT2D eigenvalue weighted by atomic mass is 10.1. The van der Waals surface area contributed by atoms with Crippen LogP contribution in [0.25, 0.3) is 11.3 Å². The van der Waals surface area contributed by atoms with Crippen molar-refractivity contribution in [2.75, 3.05) is 20.3 Å². The number of carbonyl (C=O) groups excluding carboxylic acids is 1. The number of ether oxygens (including phenoxy) is 2. The fourth-order valence-corrected chi connectivity index (χ4v) is 4.86. The first kappa shape index (κ1) is 22.2. The van der Waals surface area contributed by atoms with Gasteiger partial charge in [-0.1, -0.05) is 6.07 Å². The molecule has 0 N–H and O–H groups in total. The topological polar surface area (TPSA) is 56.6 Å². The highest BCUT2D eigenvalue weighted by Crippen LogP contribution is 2.35. The molecule has 0 unspecified atom stereocenters. The molecule has 0 radical (unpaired) electrons. The number of benzene rings is 2. The van der Waals surface area contributed by atoms with E-state index in [-0.39, 0.29) is 5.91 Å². The molecule has 6 nitrogen and oxygen atoms in total. The van der Waals surface area contributed by atoms with Gasteiger partial charge in [-0.25, -0.2) is 4.98 Å². The molecule has 1 aromatic heterocycles. The maximum atomic E-state index is 13.6. The van der Waals surface area contributed by atoms with Crippen molar-refractivity contribution in [3.63, 3.8) is 0 Å². The van der Waals surface area contributed by atoms with E-state index < -0.39 is 0 Å². The SMILES string of the molecule is COc1cccc(C(=O)N(Cc2cc(-c3cn4c(n3)CCC4)ccc2OCC2CC2)CC2CC2)c1. The van der Waals surface area contributed by atoms with E-state index in [1.807, 2.05) is 29.2 Å². The van der Waals surface area contributed by atoms with Gasteiger partial charge in [0.05, 0.1) is 19.4 Å². The zero-order valence-corrected chi connectivity index (χ0v) is 20.4. The Balaban J connectivity index is 1.31. The van der Waals surface area contributed by atoms with Crippen molar-refractivity contribution < 1.29 is 14.3 Å². The number of nitrogens with zero attached hydrogens (tertiary/aromatic N) is 3. The smallest absolute Gasteiger partial charge is 0.254 e. The molecular formula is C29H33N3O3. The Bertz CT molecular complexity index is 1200. The summed E-state index contributed by atoms with van der Waals surface area (Å²) in [7, 11) is 1.63. The predicted octanol–water partition coefficient (Wildman–Crippen LogP) is 5.35. The maximum Gasteiger partial charge on any atom is 0.254 e. The van der Waals surface area contributed by atoms with Gasteiger partial charge in [-0.3, -0.25) is 4.79 Å². The quantitative estimate of drug-likeness (QED) is 0.400. The molecule has 1 aliphatic heterocycles. The lowest BCUT2D eigenvalue weighted by molar-refractivity contribution is 0.0733. The summed E-state index contributed by atoms with van der Waals surface area (Å²) >= 11 is 0. The first-order chi connectivity index (χ1) is 17.2. The summed E-state index contributed by atoms with van der Waals surface area (Å²) in [6.45, 7) is 3.08. The number of rotatable bonds is 10. The van der Waals surface area contributed by atoms with E-state index in [0.717, 1.165) is 48.7 Å². The van der Waals surface area contributed by atoms with Crippen LogP contribution in [0.1, 0.15) is 53.8 Å². The molecule has 3 aliphatic rings. The number of hydrogen-bond donors (Lipinski definition) is 0. The largest absolute Gasteiger partial charge is 0.497 e. The van der Waals surface area contributed by atoms with Gasteiger partial charge in [0.2, 0.25) is 0 Å². The van der Waals surface area contributed by atoms with Gasteiger partial charge >= 0.3 is 0 Å². The highest BCUT2D eigenvalue weighted by Gasteiger charge is 2.29. The summed E-state index contributed by atoms with van der Waals surface area (Å²) in [6, 6.07) is 13.8. The highest BCUT2D eigenvalue weighted by atomic mass is 16.5. The molecule has 35 heavy (non-hydrogen) atoms. The molecule has 1 amide bonds. The third-order valence-corrected chi connectivity index (χ3v) is 7.33. The van der Waals surface area contributed by atoms with Gasteiger partial charge in [0.15, 0.2) is 0 Å². The first-order valence-corrected chi connectivity index (χ1v) is 12.9. The van der Waals surface area contributed by atoms with Gasteiger partial charge in [-0.05, 0) is 80.3 Å². The molecule has 0 bridgehead atoms. The van der Waals surface area contributed by atoms with Gasteiger partial charge in [-0.2, -0.15) is 0 Å². The summed E-state index contributed by atoms with van der Waals surface area (Å²) < 4.78 is 13.9. The van der Waals surface area contributed by atoms with Crippen molar-refractivity contribution in [1.29, 1.82) is 0 Å². The van der Waals surface area contributed by atoms with Crippen LogP contribution in [0.5, 0.6) is 11.5 Å². The zero-order valence-electron chi connectivity index (χ0n) is 20.4. The second-order valence-corrected chi connectivity index (χ2v) is 10.3. The Morgan fingerprint density at radius 1 is 1.11 bits per heavy atom. The maximum absolute atomic E-state index is 13.6. The molecule has 3 aromatic rings. The number of amides is 1. The number of methoxy groups -OCH3 is 1. The minimum Gasteiger partial charge on any atom is -0.497 e. The fraction of sp³-hybridized carbons (Fsp3) is 0.448. The first-order valence-electron chi connectivity index (χ1n) is 12.9. The number of hydrogen-bond acceptors (Lipinski definition) is 4. The average Bonchev–Trinajstić information content (AvgIpc) is 3.80. The van der Waals surface area contributed by atoms with E-state index in [4.69, 9.17) is 14.5 Å². The summed E-state index contributed by atoms with van der Waals surface area (Å²) in [6.07, 6.45) is 9.24. The number of fused-ring (bicyclic) bond motifs is 1. The molecule has 2 fully saturated rings. The predicted molar refractivity (Wildman–Crippen MR) is 135 cm³/mol. The minimum absolute atomic E-state index is 0.0373. The Hall–Kier alpha value is -3.28. The molecule has 0 saturated heterocycles. The van der Waals surface area contributed by atoms with Gasteiger partial charge in [0.1, 0.15) is 17.3 Å². The van der Waals surface area contributed by atoms with Gasteiger partial charge < -0.3 is 18.9 Å². The van der Waals surface area contributed by atoms with Crippen molar-refractivity contribution in [3.05, 3.63) is 65.6 Å². The molecule has 2 aromatic carbocycles. The lowest BCUT2D eigenvalue weighted by Crippen LogP contribution is -2.32. The molecule has 182 valence electrons. The molecular weight excluding hydrogens is 438 g/mol. The molecule has 0 atom stereocenters. The second-order valence-electron chi connectivity index (χ2n) is 10.3. The van der Waals surface area contributed by atoms with Gasteiger partial charge in [0.25, 0.3) is 5.91 Å². The van der Waals surface area contributed by atoms with Gasteiger partial charge in [0, 0.05) is 48.9 Å². The summed E-state index contributed by atoms with van der Waals surface area (Å²) in [5.41, 5.74) is 3.80. The van der Waals surface area contributed by atoms with Crippen LogP contribution in [0, 0.1) is 11.8 Å². The Morgan fingerprint density at radius 3 is 2.74 bits per heavy atom. The molecule has 6 rings (SSSR count). The molecule has 0 spiro atoms.